The first kappa shape index (κ1) is 6.00. The molecule has 2 saturated carbocycles. The van der Waals surface area contributed by atoms with Crippen molar-refractivity contribution in [2.45, 2.75) is 18.9 Å². The number of carbonyl (C=O) groups excluding carboxylic acids is 1. The molecule has 0 bridgehead atoms. The van der Waals surface area contributed by atoms with Crippen LogP contribution in [0.3, 0.4) is 0 Å². The summed E-state index contributed by atoms with van der Waals surface area (Å²) in [6.45, 7) is 0.120. The van der Waals surface area contributed by atoms with E-state index in [0.29, 0.717) is 11.3 Å². The standard InChI is InChI=1S/C8H11NO2/c10-3-4-5-6(7(11)9-4)8(5)1-2-8/h4-6,10H,1-3H2,(H,9,11)/t4-,5?,6-/m1/s1. The molecule has 11 heavy (non-hydrogen) atoms. The summed E-state index contributed by atoms with van der Waals surface area (Å²) in [5.74, 6) is 0.950. The quantitative estimate of drug-likeness (QED) is 0.533. The second-order valence-electron chi connectivity index (χ2n) is 4.03. The van der Waals surface area contributed by atoms with E-state index in [0.717, 1.165) is 0 Å². The monoisotopic (exact) mass is 153 g/mol. The van der Waals surface area contributed by atoms with Gasteiger partial charge in [0.2, 0.25) is 5.91 Å². The zero-order valence-corrected chi connectivity index (χ0v) is 6.21. The van der Waals surface area contributed by atoms with Crippen molar-refractivity contribution >= 4 is 5.91 Å². The second kappa shape index (κ2) is 1.46. The Morgan fingerprint density at radius 3 is 2.82 bits per heavy atom. The fourth-order valence-corrected chi connectivity index (χ4v) is 2.89. The summed E-state index contributed by atoms with van der Waals surface area (Å²) < 4.78 is 0. The highest BCUT2D eigenvalue weighted by Gasteiger charge is 2.79. The van der Waals surface area contributed by atoms with E-state index >= 15 is 0 Å². The third kappa shape index (κ3) is 0.495. The highest BCUT2D eigenvalue weighted by Crippen LogP contribution is 2.77. The van der Waals surface area contributed by atoms with E-state index in [9.17, 15) is 4.79 Å². The first-order valence-corrected chi connectivity index (χ1v) is 4.21. The summed E-state index contributed by atoms with van der Waals surface area (Å²) in [5.41, 5.74) is 0.385. The molecule has 0 aromatic heterocycles. The lowest BCUT2D eigenvalue weighted by Crippen LogP contribution is -2.35. The van der Waals surface area contributed by atoms with Crippen molar-refractivity contribution in [3.63, 3.8) is 0 Å². The summed E-state index contributed by atoms with van der Waals surface area (Å²) in [6.07, 6.45) is 2.43. The van der Waals surface area contributed by atoms with Gasteiger partial charge in [-0.1, -0.05) is 0 Å². The van der Waals surface area contributed by atoms with E-state index in [1.165, 1.54) is 12.8 Å². The van der Waals surface area contributed by atoms with E-state index in [4.69, 9.17) is 5.11 Å². The average Bonchev–Trinajstić information content (AvgIpc) is 2.86. The van der Waals surface area contributed by atoms with Crippen molar-refractivity contribution < 1.29 is 9.90 Å². The minimum atomic E-state index is 0.0787. The van der Waals surface area contributed by atoms with Crippen molar-refractivity contribution in [3.05, 3.63) is 0 Å². The van der Waals surface area contributed by atoms with E-state index in [1.54, 1.807) is 0 Å². The molecule has 3 rings (SSSR count). The maximum absolute atomic E-state index is 11.2. The molecule has 0 aromatic rings. The van der Waals surface area contributed by atoms with Crippen molar-refractivity contribution in [2.24, 2.45) is 17.3 Å². The summed E-state index contributed by atoms with van der Waals surface area (Å²) in [4.78, 5) is 11.2. The molecule has 1 aliphatic heterocycles. The van der Waals surface area contributed by atoms with Crippen molar-refractivity contribution in [1.82, 2.24) is 5.32 Å². The molecule has 3 heteroatoms. The number of amides is 1. The highest BCUT2D eigenvalue weighted by atomic mass is 16.3. The minimum Gasteiger partial charge on any atom is -0.394 e. The lowest BCUT2D eigenvalue weighted by Gasteiger charge is -2.11. The highest BCUT2D eigenvalue weighted by molar-refractivity contribution is 5.88. The van der Waals surface area contributed by atoms with Gasteiger partial charge in [-0.2, -0.15) is 0 Å². The van der Waals surface area contributed by atoms with Crippen LogP contribution < -0.4 is 5.32 Å². The van der Waals surface area contributed by atoms with Crippen molar-refractivity contribution in [2.75, 3.05) is 6.61 Å². The molecule has 0 radical (unpaired) electrons. The maximum Gasteiger partial charge on any atom is 0.224 e. The molecule has 1 spiro atoms. The molecular formula is C8H11NO2. The number of hydrogen-bond donors (Lipinski definition) is 2. The predicted octanol–water partition coefficient (Wildman–Crippen LogP) is -0.497. The van der Waals surface area contributed by atoms with Gasteiger partial charge >= 0.3 is 0 Å². The van der Waals surface area contributed by atoms with Crippen LogP contribution in [-0.4, -0.2) is 23.7 Å². The zero-order valence-electron chi connectivity index (χ0n) is 6.21. The predicted molar refractivity (Wildman–Crippen MR) is 37.7 cm³/mol. The Labute approximate surface area is 64.8 Å². The Balaban J connectivity index is 1.90. The van der Waals surface area contributed by atoms with Gasteiger partial charge in [0.05, 0.1) is 12.6 Å². The number of carbonyl (C=O) groups is 1. The van der Waals surface area contributed by atoms with Crippen LogP contribution in [0.2, 0.25) is 0 Å². The van der Waals surface area contributed by atoms with E-state index in [2.05, 4.69) is 5.32 Å². The average molecular weight is 153 g/mol. The molecule has 1 heterocycles. The van der Waals surface area contributed by atoms with Gasteiger partial charge in [0.25, 0.3) is 0 Å². The fraction of sp³-hybridized carbons (Fsp3) is 0.875. The molecule has 3 nitrogen and oxygen atoms in total. The summed E-state index contributed by atoms with van der Waals surface area (Å²) >= 11 is 0. The van der Waals surface area contributed by atoms with Gasteiger partial charge in [0.15, 0.2) is 0 Å². The van der Waals surface area contributed by atoms with Crippen molar-refractivity contribution in [1.29, 1.82) is 0 Å². The lowest BCUT2D eigenvalue weighted by atomic mass is 10.1. The smallest absolute Gasteiger partial charge is 0.224 e. The Hall–Kier alpha value is -0.570. The van der Waals surface area contributed by atoms with Crippen LogP contribution in [0, 0.1) is 17.3 Å². The molecule has 2 aliphatic carbocycles. The second-order valence-corrected chi connectivity index (χ2v) is 4.03. The van der Waals surface area contributed by atoms with E-state index < -0.39 is 0 Å². The molecule has 2 N–H and O–H groups in total. The first-order chi connectivity index (χ1) is 5.29. The van der Waals surface area contributed by atoms with Gasteiger partial charge in [0, 0.05) is 5.92 Å². The third-order valence-corrected chi connectivity index (χ3v) is 3.60. The summed E-state index contributed by atoms with van der Waals surface area (Å²) in [7, 11) is 0. The molecule has 3 atom stereocenters. The fourth-order valence-electron chi connectivity index (χ4n) is 2.89. The molecule has 3 aliphatic rings. The topological polar surface area (TPSA) is 49.3 Å². The molecule has 1 amide bonds. The van der Waals surface area contributed by atoms with E-state index in [1.807, 2.05) is 0 Å². The molecular weight excluding hydrogens is 142 g/mol. The summed E-state index contributed by atoms with van der Waals surface area (Å²) in [6, 6.07) is 0.0787. The number of aliphatic hydroxyl groups is 1. The number of aliphatic hydroxyl groups excluding tert-OH is 1. The molecule has 1 saturated heterocycles. The van der Waals surface area contributed by atoms with Crippen LogP contribution in [0.15, 0.2) is 0 Å². The van der Waals surface area contributed by atoms with Gasteiger partial charge in [-0.15, -0.1) is 0 Å². The SMILES string of the molecule is O=C1N[C@H](CO)C2[C@H]1C21CC1. The van der Waals surface area contributed by atoms with Gasteiger partial charge in [0.1, 0.15) is 0 Å². The molecule has 0 aromatic carbocycles. The Morgan fingerprint density at radius 2 is 2.36 bits per heavy atom. The van der Waals surface area contributed by atoms with Gasteiger partial charge in [-0.3, -0.25) is 4.79 Å². The van der Waals surface area contributed by atoms with Crippen LogP contribution in [0.4, 0.5) is 0 Å². The number of fused-ring (bicyclic) bond motifs is 3. The van der Waals surface area contributed by atoms with Gasteiger partial charge in [-0.05, 0) is 24.2 Å². The molecule has 60 valence electrons. The normalized spacial score (nSPS) is 48.8. The third-order valence-electron chi connectivity index (χ3n) is 3.60. The van der Waals surface area contributed by atoms with Gasteiger partial charge < -0.3 is 10.4 Å². The summed E-state index contributed by atoms with van der Waals surface area (Å²) in [5, 5.41) is 11.7. The number of piperidine rings is 1. The number of hydrogen-bond acceptors (Lipinski definition) is 2. The number of rotatable bonds is 1. The Kier molecular flexibility index (Phi) is 0.796. The zero-order chi connectivity index (χ0) is 7.64. The van der Waals surface area contributed by atoms with Crippen LogP contribution in [0.5, 0.6) is 0 Å². The largest absolute Gasteiger partial charge is 0.394 e. The maximum atomic E-state index is 11.2. The van der Waals surface area contributed by atoms with E-state index in [-0.39, 0.29) is 24.5 Å². The first-order valence-electron chi connectivity index (χ1n) is 4.21. The number of nitrogens with one attached hydrogen (secondary N) is 1. The Morgan fingerprint density at radius 1 is 1.64 bits per heavy atom. The van der Waals surface area contributed by atoms with Crippen LogP contribution >= 0.6 is 0 Å². The molecule has 3 fully saturated rings. The molecule has 1 unspecified atom stereocenters. The van der Waals surface area contributed by atoms with Gasteiger partial charge in [-0.25, -0.2) is 0 Å². The van der Waals surface area contributed by atoms with Crippen molar-refractivity contribution in [3.8, 4) is 0 Å². The van der Waals surface area contributed by atoms with Crippen LogP contribution in [-0.2, 0) is 4.79 Å². The lowest BCUT2D eigenvalue weighted by molar-refractivity contribution is -0.122. The minimum absolute atomic E-state index is 0.0787. The van der Waals surface area contributed by atoms with Crippen LogP contribution in [0.1, 0.15) is 12.8 Å². The Bertz CT molecular complexity index is 234. The van der Waals surface area contributed by atoms with Crippen LogP contribution in [0.25, 0.3) is 0 Å².